The molecule has 0 fully saturated rings. The molecule has 3 rings (SSSR count). The van der Waals surface area contributed by atoms with E-state index in [1.54, 1.807) is 6.07 Å². The fourth-order valence-electron chi connectivity index (χ4n) is 2.50. The second-order valence-electron chi connectivity index (χ2n) is 4.90. The van der Waals surface area contributed by atoms with E-state index >= 15 is 0 Å². The minimum Gasteiger partial charge on any atom is -0.296 e. The second-order valence-corrected chi connectivity index (χ2v) is 5.68. The number of benzene rings is 2. The van der Waals surface area contributed by atoms with Crippen molar-refractivity contribution in [3.05, 3.63) is 58.6 Å². The average molecular weight is 323 g/mol. The average Bonchev–Trinajstić information content (AvgIpc) is 2.78. The van der Waals surface area contributed by atoms with Crippen LogP contribution in [0.25, 0.3) is 16.7 Å². The van der Waals surface area contributed by atoms with E-state index < -0.39 is 0 Å². The van der Waals surface area contributed by atoms with Crippen LogP contribution in [0.1, 0.15) is 11.4 Å². The molecule has 21 heavy (non-hydrogen) atoms. The number of nitrogens with zero attached hydrogens (tertiary/aromatic N) is 2. The van der Waals surface area contributed by atoms with Crippen LogP contribution in [-0.4, -0.2) is 15.4 Å². The molecule has 0 saturated carbocycles. The van der Waals surface area contributed by atoms with Crippen molar-refractivity contribution in [2.45, 2.75) is 13.3 Å². The van der Waals surface area contributed by atoms with Crippen LogP contribution in [0.15, 0.2) is 36.4 Å². The molecular formula is C16H13Cl2FN2. The maximum Gasteiger partial charge on any atom is 0.125 e. The third-order valence-corrected chi connectivity index (χ3v) is 3.80. The number of para-hydroxylation sites is 1. The van der Waals surface area contributed by atoms with Gasteiger partial charge in [-0.05, 0) is 42.8 Å². The predicted octanol–water partition coefficient (Wildman–Crippen LogP) is 4.91. The van der Waals surface area contributed by atoms with E-state index in [0.717, 1.165) is 22.6 Å². The first kappa shape index (κ1) is 14.4. The maximum atomic E-state index is 13.7. The fraction of sp³-hybridized carbons (Fsp3) is 0.188. The van der Waals surface area contributed by atoms with Crippen LogP contribution in [0.4, 0.5) is 4.39 Å². The minimum absolute atomic E-state index is 0.272. The summed E-state index contributed by atoms with van der Waals surface area (Å²) in [4.78, 5) is 4.56. The zero-order valence-electron chi connectivity index (χ0n) is 11.4. The smallest absolute Gasteiger partial charge is 0.125 e. The summed E-state index contributed by atoms with van der Waals surface area (Å²) in [6.07, 6.45) is 0.585. The highest BCUT2D eigenvalue weighted by Crippen LogP contribution is 2.28. The Morgan fingerprint density at radius 1 is 1.24 bits per heavy atom. The normalized spacial score (nSPS) is 11.2. The molecule has 2 aromatic carbocycles. The molecule has 3 aromatic rings. The standard InChI is InChI=1S/C16H13Cl2FN2/c1-10-7-11(19)9-12(8-10)21-14-4-2-3-13(18)16(14)20-15(21)5-6-17/h2-4,7-9H,5-6H2,1H3. The van der Waals surface area contributed by atoms with Gasteiger partial charge < -0.3 is 0 Å². The van der Waals surface area contributed by atoms with Crippen molar-refractivity contribution in [1.29, 1.82) is 0 Å². The number of hydrogen-bond donors (Lipinski definition) is 0. The van der Waals surface area contributed by atoms with Gasteiger partial charge in [0.1, 0.15) is 17.2 Å². The topological polar surface area (TPSA) is 17.8 Å². The zero-order chi connectivity index (χ0) is 15.0. The molecule has 1 aromatic heterocycles. The zero-order valence-corrected chi connectivity index (χ0v) is 12.9. The van der Waals surface area contributed by atoms with Crippen molar-refractivity contribution in [1.82, 2.24) is 9.55 Å². The number of alkyl halides is 1. The number of hydrogen-bond acceptors (Lipinski definition) is 1. The number of halogens is 3. The Morgan fingerprint density at radius 2 is 2.05 bits per heavy atom. The Balaban J connectivity index is 2.33. The highest BCUT2D eigenvalue weighted by molar-refractivity contribution is 6.35. The maximum absolute atomic E-state index is 13.7. The Bertz CT molecular complexity index is 791. The van der Waals surface area contributed by atoms with Gasteiger partial charge in [0.15, 0.2) is 0 Å². The predicted molar refractivity (Wildman–Crippen MR) is 85.2 cm³/mol. The summed E-state index contributed by atoms with van der Waals surface area (Å²) in [5.41, 5.74) is 3.15. The van der Waals surface area contributed by atoms with E-state index in [1.165, 1.54) is 12.1 Å². The molecule has 1 heterocycles. The summed E-state index contributed by atoms with van der Waals surface area (Å²) in [6.45, 7) is 1.86. The van der Waals surface area contributed by atoms with Crippen LogP contribution in [0, 0.1) is 12.7 Å². The third kappa shape index (κ3) is 2.63. The van der Waals surface area contributed by atoms with E-state index in [2.05, 4.69) is 4.98 Å². The summed E-state index contributed by atoms with van der Waals surface area (Å²) >= 11 is 12.1. The number of aromatic nitrogens is 2. The Hall–Kier alpha value is -1.58. The monoisotopic (exact) mass is 322 g/mol. The van der Waals surface area contributed by atoms with Gasteiger partial charge in [0.05, 0.1) is 16.2 Å². The van der Waals surface area contributed by atoms with Crippen LogP contribution in [0.2, 0.25) is 5.02 Å². The van der Waals surface area contributed by atoms with Gasteiger partial charge in [-0.15, -0.1) is 11.6 Å². The molecule has 0 unspecified atom stereocenters. The molecule has 0 saturated heterocycles. The summed E-state index contributed by atoms with van der Waals surface area (Å²) in [7, 11) is 0. The van der Waals surface area contributed by atoms with Gasteiger partial charge in [-0.2, -0.15) is 0 Å². The van der Waals surface area contributed by atoms with E-state index in [9.17, 15) is 4.39 Å². The molecule has 0 atom stereocenters. The molecule has 0 spiro atoms. The van der Waals surface area contributed by atoms with Crippen molar-refractivity contribution in [2.24, 2.45) is 0 Å². The van der Waals surface area contributed by atoms with Crippen molar-refractivity contribution in [3.8, 4) is 5.69 Å². The first-order valence-corrected chi connectivity index (χ1v) is 7.51. The first-order valence-electron chi connectivity index (χ1n) is 6.59. The SMILES string of the molecule is Cc1cc(F)cc(-n2c(CCCl)nc3c(Cl)cccc32)c1. The van der Waals surface area contributed by atoms with Gasteiger partial charge >= 0.3 is 0 Å². The number of fused-ring (bicyclic) bond motifs is 1. The van der Waals surface area contributed by atoms with Gasteiger partial charge in [0.25, 0.3) is 0 Å². The van der Waals surface area contributed by atoms with Gasteiger partial charge in [0.2, 0.25) is 0 Å². The fourth-order valence-corrected chi connectivity index (χ4v) is 2.88. The summed E-state index contributed by atoms with van der Waals surface area (Å²) in [5.74, 6) is 0.943. The summed E-state index contributed by atoms with van der Waals surface area (Å²) in [5, 5.41) is 0.579. The first-order chi connectivity index (χ1) is 10.1. The van der Waals surface area contributed by atoms with Crippen LogP contribution in [0.3, 0.4) is 0 Å². The molecule has 0 radical (unpaired) electrons. The highest BCUT2D eigenvalue weighted by Gasteiger charge is 2.14. The van der Waals surface area contributed by atoms with Crippen molar-refractivity contribution in [2.75, 3.05) is 5.88 Å². The molecule has 0 bridgehead atoms. The summed E-state index contributed by atoms with van der Waals surface area (Å²) < 4.78 is 15.6. The molecule has 0 aliphatic rings. The Kier molecular flexibility index (Phi) is 3.87. The van der Waals surface area contributed by atoms with Gasteiger partial charge in [0, 0.05) is 12.3 Å². The minimum atomic E-state index is -0.272. The lowest BCUT2D eigenvalue weighted by atomic mass is 10.2. The number of imidazole rings is 1. The van der Waals surface area contributed by atoms with E-state index in [0.29, 0.717) is 22.8 Å². The molecule has 0 aliphatic heterocycles. The number of aryl methyl sites for hydroxylation is 2. The van der Waals surface area contributed by atoms with Crippen LogP contribution >= 0.6 is 23.2 Å². The van der Waals surface area contributed by atoms with E-state index in [4.69, 9.17) is 23.2 Å². The molecule has 5 heteroatoms. The van der Waals surface area contributed by atoms with E-state index in [1.807, 2.05) is 29.7 Å². The number of rotatable bonds is 3. The molecule has 108 valence electrons. The second kappa shape index (κ2) is 5.66. The van der Waals surface area contributed by atoms with Crippen LogP contribution < -0.4 is 0 Å². The van der Waals surface area contributed by atoms with Crippen molar-refractivity contribution in [3.63, 3.8) is 0 Å². The van der Waals surface area contributed by atoms with Gasteiger partial charge in [-0.1, -0.05) is 17.7 Å². The highest BCUT2D eigenvalue weighted by atomic mass is 35.5. The lowest BCUT2D eigenvalue weighted by Gasteiger charge is -2.10. The molecule has 0 amide bonds. The molecule has 0 aliphatic carbocycles. The van der Waals surface area contributed by atoms with Crippen LogP contribution in [0.5, 0.6) is 0 Å². The van der Waals surface area contributed by atoms with E-state index in [-0.39, 0.29) is 5.82 Å². The lowest BCUT2D eigenvalue weighted by molar-refractivity contribution is 0.625. The molecular weight excluding hydrogens is 310 g/mol. The lowest BCUT2D eigenvalue weighted by Crippen LogP contribution is -2.03. The third-order valence-electron chi connectivity index (χ3n) is 3.31. The van der Waals surface area contributed by atoms with Crippen molar-refractivity contribution >= 4 is 34.2 Å². The summed E-state index contributed by atoms with van der Waals surface area (Å²) in [6, 6.07) is 10.5. The molecule has 2 nitrogen and oxygen atoms in total. The van der Waals surface area contributed by atoms with Crippen molar-refractivity contribution < 1.29 is 4.39 Å². The molecule has 0 N–H and O–H groups in total. The van der Waals surface area contributed by atoms with Gasteiger partial charge in [-0.25, -0.2) is 9.37 Å². The van der Waals surface area contributed by atoms with Gasteiger partial charge in [-0.3, -0.25) is 4.57 Å². The Labute approximate surface area is 132 Å². The Morgan fingerprint density at radius 3 is 2.76 bits per heavy atom. The quantitative estimate of drug-likeness (QED) is 0.626. The van der Waals surface area contributed by atoms with Crippen LogP contribution in [-0.2, 0) is 6.42 Å². The largest absolute Gasteiger partial charge is 0.296 e.